The molecule has 0 bridgehead atoms. The molecule has 2 atom stereocenters. The summed E-state index contributed by atoms with van der Waals surface area (Å²) < 4.78 is 54.0. The Bertz CT molecular complexity index is 890. The predicted molar refractivity (Wildman–Crippen MR) is 115 cm³/mol. The van der Waals surface area contributed by atoms with Crippen molar-refractivity contribution in [1.29, 1.82) is 0 Å². The fraction of sp³-hybridized carbons (Fsp3) is 0.600. The van der Waals surface area contributed by atoms with Gasteiger partial charge in [-0.25, -0.2) is 13.2 Å². The van der Waals surface area contributed by atoms with Crippen molar-refractivity contribution in [2.75, 3.05) is 25.7 Å². The number of sulfone groups is 1. The highest BCUT2D eigenvalue weighted by Gasteiger charge is 2.19. The number of benzene rings is 1. The molecular weight excluding hydrogens is 412 g/mol. The van der Waals surface area contributed by atoms with E-state index in [2.05, 4.69) is 5.32 Å². The third-order valence-electron chi connectivity index (χ3n) is 3.67. The average Bonchev–Trinajstić information content (AvgIpc) is 2.60. The summed E-state index contributed by atoms with van der Waals surface area (Å²) in [6.07, 6.45) is 1.57. The fourth-order valence-electron chi connectivity index (χ4n) is 2.47. The summed E-state index contributed by atoms with van der Waals surface area (Å²) in [6.45, 7) is 7.19. The van der Waals surface area contributed by atoms with Crippen LogP contribution in [-0.4, -0.2) is 57.1 Å². The van der Waals surface area contributed by atoms with Crippen LogP contribution in [0.15, 0.2) is 18.2 Å². The molecule has 1 aromatic carbocycles. The van der Waals surface area contributed by atoms with Crippen LogP contribution in [0.1, 0.15) is 49.8 Å². The molecule has 0 saturated carbocycles. The molecule has 10 heteroatoms. The van der Waals surface area contributed by atoms with Crippen LogP contribution in [0.4, 0.5) is 0 Å². The van der Waals surface area contributed by atoms with Gasteiger partial charge in [-0.1, -0.05) is 19.9 Å². The zero-order valence-corrected chi connectivity index (χ0v) is 18.8. The molecule has 0 unspecified atom stereocenters. The van der Waals surface area contributed by atoms with Crippen LogP contribution in [0.2, 0.25) is 0 Å². The van der Waals surface area contributed by atoms with E-state index in [1.807, 2.05) is 13.8 Å². The van der Waals surface area contributed by atoms with Gasteiger partial charge in [0.1, 0.15) is 15.9 Å². The molecule has 1 rings (SSSR count). The summed E-state index contributed by atoms with van der Waals surface area (Å²) in [7, 11) is -5.82. The van der Waals surface area contributed by atoms with Crippen molar-refractivity contribution in [3.8, 4) is 11.5 Å². The van der Waals surface area contributed by atoms with Gasteiger partial charge in [0.25, 0.3) is 0 Å². The molecule has 0 heterocycles. The van der Waals surface area contributed by atoms with Crippen molar-refractivity contribution < 1.29 is 36.7 Å². The van der Waals surface area contributed by atoms with Crippen LogP contribution < -0.4 is 20.5 Å². The van der Waals surface area contributed by atoms with Gasteiger partial charge in [-0.2, -0.15) is 0 Å². The van der Waals surface area contributed by atoms with E-state index in [4.69, 9.17) is 24.4 Å². The van der Waals surface area contributed by atoms with Gasteiger partial charge in [0.15, 0.2) is 11.5 Å². The summed E-state index contributed by atoms with van der Waals surface area (Å²) in [6, 6.07) is 2.97. The maximum Gasteiger partial charge on any atom is 0.326 e. The lowest BCUT2D eigenvalue weighted by Gasteiger charge is -2.15. The van der Waals surface area contributed by atoms with Crippen molar-refractivity contribution in [3.63, 3.8) is 0 Å². The van der Waals surface area contributed by atoms with E-state index in [1.54, 1.807) is 6.92 Å². The largest absolute Gasteiger partial charge is 0.493 e. The van der Waals surface area contributed by atoms with Crippen molar-refractivity contribution in [2.45, 2.75) is 46.2 Å². The second-order valence-electron chi connectivity index (χ2n) is 7.16. The minimum Gasteiger partial charge on any atom is -0.493 e. The van der Waals surface area contributed by atoms with E-state index >= 15 is 0 Å². The second kappa shape index (κ2) is 13.1. The molecule has 1 aromatic rings. The average molecular weight is 450 g/mol. The molecule has 0 fully saturated rings. The topological polar surface area (TPSA) is 145 Å². The number of hydrogen-bond donors (Lipinski definition) is 3. The summed E-state index contributed by atoms with van der Waals surface area (Å²) >= 11 is 0. The van der Waals surface area contributed by atoms with E-state index in [0.29, 0.717) is 18.6 Å². The molecule has 172 valence electrons. The summed E-state index contributed by atoms with van der Waals surface area (Å²) in [5.74, 6) is -0.944. The number of carboxylic acids is 1. The molecule has 0 saturated heterocycles. The fourth-order valence-corrected chi connectivity index (χ4v) is 3.31. The van der Waals surface area contributed by atoms with Crippen LogP contribution in [-0.2, 0) is 19.4 Å². The SMILES string of the molecule is CC(=O)N[C@@H](CC(C)C)C(=O)O.[2H]C([2H])([2H])Oc1ccc([C@H](N)CS(C)(=O)=O)cc1OCC. The smallest absolute Gasteiger partial charge is 0.326 e. The highest BCUT2D eigenvalue weighted by atomic mass is 32.2. The molecule has 4 N–H and O–H groups in total. The maximum absolute atomic E-state index is 11.3. The van der Waals surface area contributed by atoms with Gasteiger partial charge in [0.05, 0.1) is 23.5 Å². The third kappa shape index (κ3) is 11.6. The molecule has 0 aromatic heterocycles. The van der Waals surface area contributed by atoms with Gasteiger partial charge in [0, 0.05) is 19.2 Å². The Morgan fingerprint density at radius 3 is 2.37 bits per heavy atom. The molecule has 9 nitrogen and oxygen atoms in total. The number of carboxylic acid groups (broad SMARTS) is 1. The molecule has 0 aliphatic carbocycles. The number of nitrogens with one attached hydrogen (secondary N) is 1. The first-order chi connectivity index (χ1) is 14.9. The number of carbonyl (C=O) groups is 2. The monoisotopic (exact) mass is 449 g/mol. The summed E-state index contributed by atoms with van der Waals surface area (Å²) in [5.41, 5.74) is 6.37. The number of amides is 1. The van der Waals surface area contributed by atoms with Crippen molar-refractivity contribution >= 4 is 21.7 Å². The Balaban J connectivity index is 0.000000728. The first-order valence-corrected chi connectivity index (χ1v) is 11.4. The van der Waals surface area contributed by atoms with Crippen molar-refractivity contribution in [3.05, 3.63) is 23.8 Å². The second-order valence-corrected chi connectivity index (χ2v) is 9.35. The number of methoxy groups -OCH3 is 1. The number of carbonyl (C=O) groups excluding carboxylic acids is 1. The van der Waals surface area contributed by atoms with E-state index in [0.717, 1.165) is 6.26 Å². The quantitative estimate of drug-likeness (QED) is 0.490. The van der Waals surface area contributed by atoms with E-state index in [-0.39, 0.29) is 29.1 Å². The van der Waals surface area contributed by atoms with Crippen LogP contribution >= 0.6 is 0 Å². The van der Waals surface area contributed by atoms with Gasteiger partial charge in [0.2, 0.25) is 5.91 Å². The molecular formula is C20H34N2O7S. The maximum atomic E-state index is 11.3. The number of aliphatic carboxylic acids is 1. The van der Waals surface area contributed by atoms with E-state index in [9.17, 15) is 18.0 Å². The molecule has 0 aliphatic heterocycles. The Labute approximate surface area is 183 Å². The van der Waals surface area contributed by atoms with Crippen LogP contribution in [0.5, 0.6) is 11.5 Å². The zero-order valence-electron chi connectivity index (χ0n) is 21.0. The summed E-state index contributed by atoms with van der Waals surface area (Å²) in [5, 5.41) is 11.0. The lowest BCUT2D eigenvalue weighted by Crippen LogP contribution is -2.40. The van der Waals surface area contributed by atoms with E-state index < -0.39 is 34.9 Å². The van der Waals surface area contributed by atoms with Gasteiger partial charge >= 0.3 is 5.97 Å². The van der Waals surface area contributed by atoms with Gasteiger partial charge < -0.3 is 25.6 Å². The normalized spacial score (nSPS) is 14.8. The standard InChI is InChI=1S/C12H19NO4S.C8H15NO3/c1-4-17-12-7-9(5-6-11(12)16-2)10(13)8-18(3,14)15;1-5(2)4-7(8(11)12)9-6(3)10/h5-7,10H,4,8,13H2,1-3H3;5,7H,4H2,1-3H3,(H,9,10)(H,11,12)/t10-;7-/m10/s1/i2D3;. The van der Waals surface area contributed by atoms with E-state index in [1.165, 1.54) is 25.1 Å². The molecule has 30 heavy (non-hydrogen) atoms. The van der Waals surface area contributed by atoms with Gasteiger partial charge in [-0.05, 0) is 37.0 Å². The Hall–Kier alpha value is -2.33. The highest BCUT2D eigenvalue weighted by molar-refractivity contribution is 7.90. The minimum absolute atomic E-state index is 0.0622. The van der Waals surface area contributed by atoms with Gasteiger partial charge in [-0.3, -0.25) is 4.79 Å². The Morgan fingerprint density at radius 1 is 1.30 bits per heavy atom. The first kappa shape index (κ1) is 22.4. The van der Waals surface area contributed by atoms with Gasteiger partial charge in [-0.15, -0.1) is 0 Å². The van der Waals surface area contributed by atoms with Crippen LogP contribution in [0.25, 0.3) is 0 Å². The van der Waals surface area contributed by atoms with Crippen molar-refractivity contribution in [1.82, 2.24) is 5.32 Å². The Kier molecular flexibility index (Phi) is 9.74. The number of nitrogens with two attached hydrogens (primary N) is 1. The number of rotatable bonds is 10. The number of ether oxygens (including phenoxy) is 2. The molecule has 0 radical (unpaired) electrons. The zero-order chi connectivity index (χ0) is 26.0. The minimum atomic E-state index is -3.22. The Morgan fingerprint density at radius 2 is 1.93 bits per heavy atom. The molecule has 1 amide bonds. The lowest BCUT2D eigenvalue weighted by atomic mass is 10.0. The molecule has 0 aliphatic rings. The summed E-state index contributed by atoms with van der Waals surface area (Å²) in [4.78, 5) is 21.1. The molecule has 0 spiro atoms. The first-order valence-electron chi connectivity index (χ1n) is 10.8. The third-order valence-corrected chi connectivity index (χ3v) is 4.64. The predicted octanol–water partition coefficient (Wildman–Crippen LogP) is 1.76. The van der Waals surface area contributed by atoms with Crippen LogP contribution in [0, 0.1) is 5.92 Å². The van der Waals surface area contributed by atoms with Crippen molar-refractivity contribution in [2.24, 2.45) is 11.7 Å². The number of hydrogen-bond acceptors (Lipinski definition) is 7. The van der Waals surface area contributed by atoms with Crippen LogP contribution in [0.3, 0.4) is 0 Å². The highest BCUT2D eigenvalue weighted by Crippen LogP contribution is 2.30. The lowest BCUT2D eigenvalue weighted by molar-refractivity contribution is -0.142.